The average molecular weight is 521 g/mol. The summed E-state index contributed by atoms with van der Waals surface area (Å²) in [4.78, 5) is 10.9. The summed E-state index contributed by atoms with van der Waals surface area (Å²) < 4.78 is 0. The van der Waals surface area contributed by atoms with E-state index in [1.165, 1.54) is 199 Å². The first-order valence-electron chi connectivity index (χ1n) is 17.8. The first kappa shape index (κ1) is 36.7. The first-order valence-corrected chi connectivity index (χ1v) is 17.8. The summed E-state index contributed by atoms with van der Waals surface area (Å²) in [6, 6.07) is 0. The molecule has 37 heavy (non-hydrogen) atoms. The molecule has 0 heterocycles. The highest BCUT2D eigenvalue weighted by atomic mass is 16.1. The maximum Gasteiger partial charge on any atom is 0.129 e. The minimum atomic E-state index is 0.352. The van der Waals surface area contributed by atoms with Crippen molar-refractivity contribution in [3.63, 3.8) is 0 Å². The van der Waals surface area contributed by atoms with E-state index in [0.29, 0.717) is 5.78 Å². The van der Waals surface area contributed by atoms with Crippen LogP contribution in [0.3, 0.4) is 0 Å². The Labute approximate surface area is 236 Å². The normalized spacial score (nSPS) is 11.4. The lowest BCUT2D eigenvalue weighted by Gasteiger charge is -2.05. The van der Waals surface area contributed by atoms with Gasteiger partial charge in [-0.2, -0.15) is 0 Å². The van der Waals surface area contributed by atoms with Gasteiger partial charge in [0.15, 0.2) is 0 Å². The van der Waals surface area contributed by atoms with Crippen LogP contribution in [0.1, 0.15) is 226 Å². The smallest absolute Gasteiger partial charge is 0.129 e. The molecule has 1 nitrogen and oxygen atoms in total. The number of rotatable bonds is 33. The van der Waals surface area contributed by atoms with E-state index in [1.54, 1.807) is 6.92 Å². The van der Waals surface area contributed by atoms with E-state index in [0.717, 1.165) is 12.8 Å². The van der Waals surface area contributed by atoms with E-state index in [1.807, 2.05) is 0 Å². The van der Waals surface area contributed by atoms with Gasteiger partial charge in [-0.3, -0.25) is 0 Å². The molecule has 0 aliphatic carbocycles. The van der Waals surface area contributed by atoms with Gasteiger partial charge in [0.2, 0.25) is 0 Å². The molecule has 0 aromatic carbocycles. The highest BCUT2D eigenvalue weighted by Crippen LogP contribution is 2.16. The molecule has 222 valence electrons. The van der Waals surface area contributed by atoms with Crippen LogP contribution in [-0.2, 0) is 4.79 Å². The van der Waals surface area contributed by atoms with Gasteiger partial charge in [-0.25, -0.2) is 0 Å². The summed E-state index contributed by atoms with van der Waals surface area (Å²) in [5, 5.41) is 0. The van der Waals surface area contributed by atoms with Gasteiger partial charge in [0.25, 0.3) is 0 Å². The van der Waals surface area contributed by atoms with Gasteiger partial charge in [0.05, 0.1) is 0 Å². The predicted molar refractivity (Wildman–Crippen MR) is 169 cm³/mol. The fraction of sp³-hybridized carbons (Fsp3) is 0.972. The number of carbonyl (C=O) groups is 1. The van der Waals surface area contributed by atoms with Gasteiger partial charge in [-0.1, -0.05) is 206 Å². The summed E-state index contributed by atoms with van der Waals surface area (Å²) in [6.45, 7) is 4.02. The van der Waals surface area contributed by atoms with Crippen LogP contribution in [0.25, 0.3) is 0 Å². The topological polar surface area (TPSA) is 17.1 Å². The highest BCUT2D eigenvalue weighted by molar-refractivity contribution is 5.75. The molecule has 0 bridgehead atoms. The zero-order chi connectivity index (χ0) is 26.9. The molecule has 0 radical (unpaired) electrons. The Balaban J connectivity index is 3.02. The van der Waals surface area contributed by atoms with Crippen molar-refractivity contribution in [3.05, 3.63) is 0 Å². The molecule has 0 atom stereocenters. The van der Waals surface area contributed by atoms with Crippen molar-refractivity contribution in [1.82, 2.24) is 0 Å². The number of hydrogen-bond donors (Lipinski definition) is 0. The first-order chi connectivity index (χ1) is 18.3. The minimum Gasteiger partial charge on any atom is -0.300 e. The number of Topliss-reactive ketones (excluding diaryl/α,β-unsaturated/α-hetero) is 1. The Morgan fingerprint density at radius 3 is 0.622 bits per heavy atom. The van der Waals surface area contributed by atoms with Crippen molar-refractivity contribution < 1.29 is 4.79 Å². The molecule has 0 aromatic heterocycles. The third-order valence-electron chi connectivity index (χ3n) is 8.38. The molecule has 0 saturated heterocycles. The number of carbonyl (C=O) groups excluding carboxylic acids is 1. The van der Waals surface area contributed by atoms with E-state index >= 15 is 0 Å². The van der Waals surface area contributed by atoms with Crippen LogP contribution in [0.15, 0.2) is 0 Å². The Bertz CT molecular complexity index is 415. The second-order valence-corrected chi connectivity index (χ2v) is 12.4. The maximum absolute atomic E-state index is 10.9. The predicted octanol–water partition coefficient (Wildman–Crippen LogP) is 13.5. The molecule has 0 aromatic rings. The molecule has 0 N–H and O–H groups in total. The SMILES string of the molecule is CCCCCCCCCCCCCCCCCCCCCCCCCCCCCCCCCCC(C)=O. The summed E-state index contributed by atoms with van der Waals surface area (Å²) in [5.74, 6) is 0.352. The summed E-state index contributed by atoms with van der Waals surface area (Å²) in [7, 11) is 0. The van der Waals surface area contributed by atoms with E-state index in [9.17, 15) is 4.79 Å². The standard InChI is InChI=1S/C36H72O/c1-3-4-5-6-7-8-9-10-11-12-13-14-15-16-17-18-19-20-21-22-23-24-25-26-27-28-29-30-31-32-33-34-35-36(2)37/h3-35H2,1-2H3. The summed E-state index contributed by atoms with van der Waals surface area (Å²) in [6.07, 6.45) is 46.9. The molecule has 0 saturated carbocycles. The second kappa shape index (κ2) is 33.7. The Hall–Kier alpha value is -0.330. The largest absolute Gasteiger partial charge is 0.300 e. The summed E-state index contributed by atoms with van der Waals surface area (Å²) >= 11 is 0. The third kappa shape index (κ3) is 35.7. The number of unbranched alkanes of at least 4 members (excludes halogenated alkanes) is 31. The molecule has 0 spiro atoms. The van der Waals surface area contributed by atoms with Crippen molar-refractivity contribution in [3.8, 4) is 0 Å². The molecule has 0 fully saturated rings. The van der Waals surface area contributed by atoms with E-state index in [4.69, 9.17) is 0 Å². The number of ketones is 1. The lowest BCUT2D eigenvalue weighted by molar-refractivity contribution is -0.117. The molecular formula is C36H72O. The van der Waals surface area contributed by atoms with Gasteiger partial charge in [0.1, 0.15) is 5.78 Å². The Morgan fingerprint density at radius 1 is 0.297 bits per heavy atom. The van der Waals surface area contributed by atoms with Crippen LogP contribution in [0.5, 0.6) is 0 Å². The minimum absolute atomic E-state index is 0.352. The van der Waals surface area contributed by atoms with Crippen LogP contribution < -0.4 is 0 Å². The van der Waals surface area contributed by atoms with E-state index in [-0.39, 0.29) is 0 Å². The lowest BCUT2D eigenvalue weighted by atomic mass is 10.0. The zero-order valence-corrected chi connectivity index (χ0v) is 26.2. The van der Waals surface area contributed by atoms with Crippen molar-refractivity contribution in [2.24, 2.45) is 0 Å². The van der Waals surface area contributed by atoms with Crippen LogP contribution in [-0.4, -0.2) is 5.78 Å². The van der Waals surface area contributed by atoms with Crippen molar-refractivity contribution in [1.29, 1.82) is 0 Å². The molecule has 0 aliphatic heterocycles. The monoisotopic (exact) mass is 521 g/mol. The summed E-state index contributed by atoms with van der Waals surface area (Å²) in [5.41, 5.74) is 0. The van der Waals surface area contributed by atoms with E-state index < -0.39 is 0 Å². The third-order valence-corrected chi connectivity index (χ3v) is 8.38. The fourth-order valence-electron chi connectivity index (χ4n) is 5.75. The Kier molecular flexibility index (Phi) is 33.4. The number of hydrogen-bond acceptors (Lipinski definition) is 1. The van der Waals surface area contributed by atoms with Crippen molar-refractivity contribution in [2.75, 3.05) is 0 Å². The van der Waals surface area contributed by atoms with Crippen LogP contribution in [0.4, 0.5) is 0 Å². The van der Waals surface area contributed by atoms with Crippen LogP contribution in [0.2, 0.25) is 0 Å². The van der Waals surface area contributed by atoms with Gasteiger partial charge in [-0.15, -0.1) is 0 Å². The quantitative estimate of drug-likeness (QED) is 0.0786. The van der Waals surface area contributed by atoms with Crippen LogP contribution >= 0.6 is 0 Å². The highest BCUT2D eigenvalue weighted by Gasteiger charge is 1.97. The second-order valence-electron chi connectivity index (χ2n) is 12.4. The van der Waals surface area contributed by atoms with Crippen molar-refractivity contribution in [2.45, 2.75) is 226 Å². The molecular weight excluding hydrogens is 448 g/mol. The van der Waals surface area contributed by atoms with Crippen LogP contribution in [0, 0.1) is 0 Å². The van der Waals surface area contributed by atoms with E-state index in [2.05, 4.69) is 6.92 Å². The fourth-order valence-corrected chi connectivity index (χ4v) is 5.75. The molecule has 0 aliphatic rings. The van der Waals surface area contributed by atoms with Gasteiger partial charge < -0.3 is 4.79 Å². The lowest BCUT2D eigenvalue weighted by Crippen LogP contribution is -1.89. The zero-order valence-electron chi connectivity index (χ0n) is 26.2. The average Bonchev–Trinajstić information content (AvgIpc) is 2.89. The molecule has 0 amide bonds. The van der Waals surface area contributed by atoms with Crippen molar-refractivity contribution >= 4 is 5.78 Å². The Morgan fingerprint density at radius 2 is 0.459 bits per heavy atom. The molecule has 0 rings (SSSR count). The molecule has 0 unspecified atom stereocenters. The molecule has 1 heteroatoms. The van der Waals surface area contributed by atoms with Gasteiger partial charge in [0, 0.05) is 6.42 Å². The maximum atomic E-state index is 10.9. The van der Waals surface area contributed by atoms with Gasteiger partial charge >= 0.3 is 0 Å². The van der Waals surface area contributed by atoms with Gasteiger partial charge in [-0.05, 0) is 13.3 Å².